The van der Waals surface area contributed by atoms with Gasteiger partial charge >= 0.3 is 0 Å². The molecular formula is C16H20N8OS. The van der Waals surface area contributed by atoms with Crippen molar-refractivity contribution in [3.8, 4) is 0 Å². The molecule has 0 spiro atoms. The van der Waals surface area contributed by atoms with E-state index in [9.17, 15) is 4.79 Å². The molecule has 136 valence electrons. The van der Waals surface area contributed by atoms with Gasteiger partial charge in [-0.05, 0) is 19.8 Å². The Hall–Kier alpha value is -2.59. The fraction of sp³-hybridized carbons (Fsp3) is 0.438. The third-order valence-electron chi connectivity index (χ3n) is 4.93. The number of carbonyl (C=O) groups is 1. The summed E-state index contributed by atoms with van der Waals surface area (Å²) in [7, 11) is 0. The first-order valence-electron chi connectivity index (χ1n) is 8.44. The molecule has 1 saturated heterocycles. The summed E-state index contributed by atoms with van der Waals surface area (Å²) in [6, 6.07) is 0. The fourth-order valence-electron chi connectivity index (χ4n) is 3.30. The first kappa shape index (κ1) is 16.9. The van der Waals surface area contributed by atoms with Gasteiger partial charge in [0.15, 0.2) is 16.6 Å². The van der Waals surface area contributed by atoms with Crippen LogP contribution in [0, 0.1) is 12.3 Å². The number of anilines is 2. The molecule has 0 atom stereocenters. The van der Waals surface area contributed by atoms with Gasteiger partial charge in [0.05, 0.1) is 11.7 Å². The number of aromatic amines is 1. The number of aromatic nitrogens is 5. The van der Waals surface area contributed by atoms with Crippen molar-refractivity contribution < 1.29 is 4.79 Å². The van der Waals surface area contributed by atoms with Crippen molar-refractivity contribution in [3.63, 3.8) is 0 Å². The number of nitrogens with zero attached hydrogens (tertiary/aromatic N) is 5. The Morgan fingerprint density at radius 3 is 2.85 bits per heavy atom. The number of carbonyl (C=O) groups excluding carboxylic acids is 1. The van der Waals surface area contributed by atoms with E-state index in [4.69, 9.17) is 5.73 Å². The highest BCUT2D eigenvalue weighted by molar-refractivity contribution is 7.15. The quantitative estimate of drug-likeness (QED) is 0.630. The Balaban J connectivity index is 1.50. The molecule has 0 bridgehead atoms. The standard InChI is InChI=1S/C16H20N8OS/c1-10-6-18-15(26-10)23-14(25)16(7-17)2-4-24(5-3-16)13-11-12(20-8-19-11)21-9-22-13/h6,8-9H,2-5,7,17H2,1H3,(H,18,23,25)(H,19,20,21,22). The normalized spacial score (nSPS) is 16.8. The van der Waals surface area contributed by atoms with Crippen molar-refractivity contribution in [1.82, 2.24) is 24.9 Å². The number of hydrogen-bond acceptors (Lipinski definition) is 8. The number of rotatable bonds is 4. The van der Waals surface area contributed by atoms with Crippen LogP contribution in [0.25, 0.3) is 11.2 Å². The van der Waals surface area contributed by atoms with Crippen LogP contribution in [0.3, 0.4) is 0 Å². The van der Waals surface area contributed by atoms with Crippen LogP contribution in [0.2, 0.25) is 0 Å². The van der Waals surface area contributed by atoms with Gasteiger partial charge in [-0.15, -0.1) is 11.3 Å². The van der Waals surface area contributed by atoms with Crippen LogP contribution in [-0.4, -0.2) is 50.5 Å². The number of amides is 1. The van der Waals surface area contributed by atoms with Gasteiger partial charge in [0.2, 0.25) is 5.91 Å². The average Bonchev–Trinajstić information content (AvgIpc) is 3.30. The summed E-state index contributed by atoms with van der Waals surface area (Å²) in [5.41, 5.74) is 6.88. The van der Waals surface area contributed by atoms with Crippen LogP contribution >= 0.6 is 11.3 Å². The first-order valence-corrected chi connectivity index (χ1v) is 9.26. The van der Waals surface area contributed by atoms with E-state index in [0.29, 0.717) is 43.3 Å². The molecule has 4 N–H and O–H groups in total. The van der Waals surface area contributed by atoms with Crippen LogP contribution in [0.1, 0.15) is 17.7 Å². The first-order chi connectivity index (χ1) is 12.6. The van der Waals surface area contributed by atoms with E-state index in [0.717, 1.165) is 16.2 Å². The second-order valence-corrected chi connectivity index (χ2v) is 7.73. The second-order valence-electron chi connectivity index (χ2n) is 6.50. The summed E-state index contributed by atoms with van der Waals surface area (Å²) in [5, 5.41) is 3.55. The zero-order chi connectivity index (χ0) is 18.1. The summed E-state index contributed by atoms with van der Waals surface area (Å²) in [6.07, 6.45) is 6.19. The topological polar surface area (TPSA) is 126 Å². The number of piperidine rings is 1. The molecule has 4 heterocycles. The van der Waals surface area contributed by atoms with Gasteiger partial charge in [0.1, 0.15) is 11.8 Å². The summed E-state index contributed by atoms with van der Waals surface area (Å²) < 4.78 is 0. The van der Waals surface area contributed by atoms with E-state index in [-0.39, 0.29) is 5.91 Å². The second kappa shape index (κ2) is 6.61. The van der Waals surface area contributed by atoms with Gasteiger partial charge in [0, 0.05) is 30.7 Å². The molecular weight excluding hydrogens is 352 g/mol. The monoisotopic (exact) mass is 372 g/mol. The number of H-pyrrole nitrogens is 1. The number of aryl methyl sites for hydroxylation is 1. The van der Waals surface area contributed by atoms with E-state index in [1.165, 1.54) is 17.7 Å². The van der Waals surface area contributed by atoms with Gasteiger partial charge in [-0.25, -0.2) is 19.9 Å². The predicted molar refractivity (Wildman–Crippen MR) is 100 cm³/mol. The summed E-state index contributed by atoms with van der Waals surface area (Å²) in [6.45, 7) is 3.63. The lowest BCUT2D eigenvalue weighted by atomic mass is 9.77. The fourth-order valence-corrected chi connectivity index (χ4v) is 3.96. The van der Waals surface area contributed by atoms with Crippen molar-refractivity contribution in [1.29, 1.82) is 0 Å². The molecule has 0 aliphatic carbocycles. The Labute approximate surface area is 154 Å². The van der Waals surface area contributed by atoms with E-state index in [2.05, 4.69) is 35.1 Å². The summed E-state index contributed by atoms with van der Waals surface area (Å²) in [4.78, 5) is 36.1. The maximum Gasteiger partial charge on any atom is 0.233 e. The lowest BCUT2D eigenvalue weighted by molar-refractivity contribution is -0.126. The van der Waals surface area contributed by atoms with Crippen molar-refractivity contribution in [2.75, 3.05) is 29.9 Å². The van der Waals surface area contributed by atoms with Crippen molar-refractivity contribution in [2.45, 2.75) is 19.8 Å². The lowest BCUT2D eigenvalue weighted by Crippen LogP contribution is -2.50. The van der Waals surface area contributed by atoms with Crippen LogP contribution < -0.4 is 16.0 Å². The molecule has 1 aliphatic rings. The molecule has 0 unspecified atom stereocenters. The minimum atomic E-state index is -0.589. The largest absolute Gasteiger partial charge is 0.355 e. The molecule has 0 aromatic carbocycles. The highest BCUT2D eigenvalue weighted by Gasteiger charge is 2.41. The van der Waals surface area contributed by atoms with Crippen molar-refractivity contribution >= 4 is 39.4 Å². The molecule has 26 heavy (non-hydrogen) atoms. The van der Waals surface area contributed by atoms with Gasteiger partial charge in [-0.1, -0.05) is 0 Å². The van der Waals surface area contributed by atoms with Crippen molar-refractivity contribution in [2.24, 2.45) is 11.1 Å². The third-order valence-corrected chi connectivity index (χ3v) is 5.76. The summed E-state index contributed by atoms with van der Waals surface area (Å²) in [5.74, 6) is 0.736. The number of thiazole rings is 1. The van der Waals surface area contributed by atoms with Gasteiger partial charge < -0.3 is 20.9 Å². The third kappa shape index (κ3) is 2.90. The molecule has 1 aliphatic heterocycles. The zero-order valence-electron chi connectivity index (χ0n) is 14.4. The zero-order valence-corrected chi connectivity index (χ0v) is 15.2. The van der Waals surface area contributed by atoms with E-state index < -0.39 is 5.41 Å². The summed E-state index contributed by atoms with van der Waals surface area (Å²) >= 11 is 1.47. The Morgan fingerprint density at radius 1 is 1.35 bits per heavy atom. The Bertz CT molecular complexity index is 927. The molecule has 1 amide bonds. The highest BCUT2D eigenvalue weighted by atomic mass is 32.1. The number of nitrogens with two attached hydrogens (primary N) is 1. The van der Waals surface area contributed by atoms with Crippen LogP contribution in [0.4, 0.5) is 10.9 Å². The maximum atomic E-state index is 12.9. The average molecular weight is 372 g/mol. The van der Waals surface area contributed by atoms with Crippen LogP contribution in [0.15, 0.2) is 18.9 Å². The molecule has 3 aromatic rings. The molecule has 0 radical (unpaired) electrons. The predicted octanol–water partition coefficient (Wildman–Crippen LogP) is 1.30. The van der Waals surface area contributed by atoms with E-state index in [1.807, 2.05) is 6.92 Å². The van der Waals surface area contributed by atoms with E-state index >= 15 is 0 Å². The minimum absolute atomic E-state index is 0.0541. The number of imidazole rings is 1. The van der Waals surface area contributed by atoms with Gasteiger partial charge in [-0.3, -0.25) is 4.79 Å². The number of hydrogen-bond donors (Lipinski definition) is 3. The lowest BCUT2D eigenvalue weighted by Gasteiger charge is -2.40. The van der Waals surface area contributed by atoms with Gasteiger partial charge in [0.25, 0.3) is 0 Å². The Morgan fingerprint density at radius 2 is 2.15 bits per heavy atom. The molecule has 0 saturated carbocycles. The molecule has 1 fully saturated rings. The minimum Gasteiger partial charge on any atom is -0.355 e. The van der Waals surface area contributed by atoms with Gasteiger partial charge in [-0.2, -0.15) is 0 Å². The highest BCUT2D eigenvalue weighted by Crippen LogP contribution is 2.35. The van der Waals surface area contributed by atoms with Crippen LogP contribution in [-0.2, 0) is 4.79 Å². The molecule has 3 aromatic heterocycles. The van der Waals surface area contributed by atoms with E-state index in [1.54, 1.807) is 12.5 Å². The SMILES string of the molecule is Cc1cnc(NC(=O)C2(CN)CCN(c3ncnc4[nH]cnc34)CC2)s1. The smallest absolute Gasteiger partial charge is 0.233 e. The molecule has 4 rings (SSSR count). The number of nitrogens with one attached hydrogen (secondary N) is 2. The number of fused-ring (bicyclic) bond motifs is 1. The Kier molecular flexibility index (Phi) is 4.29. The molecule has 10 heteroatoms. The maximum absolute atomic E-state index is 12.9. The molecule has 9 nitrogen and oxygen atoms in total. The van der Waals surface area contributed by atoms with Crippen LogP contribution in [0.5, 0.6) is 0 Å². The van der Waals surface area contributed by atoms with Crippen molar-refractivity contribution in [3.05, 3.63) is 23.7 Å².